The predicted octanol–water partition coefficient (Wildman–Crippen LogP) is 0.155. The van der Waals surface area contributed by atoms with E-state index in [1.165, 1.54) is 0 Å². The van der Waals surface area contributed by atoms with Crippen LogP contribution in [0.3, 0.4) is 0 Å². The van der Waals surface area contributed by atoms with E-state index in [4.69, 9.17) is 4.74 Å². The Balaban J connectivity index is 1.62. The summed E-state index contributed by atoms with van der Waals surface area (Å²) < 4.78 is 7.15. The number of aryl methyl sites for hydroxylation is 2. The molecule has 0 aromatic carbocycles. The lowest BCUT2D eigenvalue weighted by Crippen LogP contribution is -2.53. The van der Waals surface area contributed by atoms with E-state index in [0.29, 0.717) is 25.9 Å². The van der Waals surface area contributed by atoms with Crippen LogP contribution in [0.15, 0.2) is 6.07 Å². The van der Waals surface area contributed by atoms with Crippen LogP contribution in [0, 0.1) is 6.92 Å². The normalized spacial score (nSPS) is 19.6. The molecule has 3 rings (SSSR count). The maximum absolute atomic E-state index is 12.7. The zero-order valence-corrected chi connectivity index (χ0v) is 15.0. The highest BCUT2D eigenvalue weighted by Gasteiger charge is 2.34. The fourth-order valence-corrected chi connectivity index (χ4v) is 3.44. The van der Waals surface area contributed by atoms with Crippen LogP contribution < -0.4 is 10.2 Å². The molecule has 1 fully saturated rings. The van der Waals surface area contributed by atoms with Gasteiger partial charge < -0.3 is 10.1 Å². The number of nitrogens with zero attached hydrogens (tertiary/aromatic N) is 4. The molecule has 1 N–H and O–H groups in total. The van der Waals surface area contributed by atoms with Gasteiger partial charge in [-0.3, -0.25) is 19.4 Å². The van der Waals surface area contributed by atoms with Crippen LogP contribution in [-0.4, -0.2) is 71.9 Å². The Morgan fingerprint density at radius 1 is 1.36 bits per heavy atom. The lowest BCUT2D eigenvalue weighted by molar-refractivity contribution is -0.127. The van der Waals surface area contributed by atoms with Crippen LogP contribution in [-0.2, 0) is 20.9 Å². The molecule has 0 bridgehead atoms. The van der Waals surface area contributed by atoms with Gasteiger partial charge in [-0.25, -0.2) is 4.68 Å². The molecule has 2 amide bonds. The van der Waals surface area contributed by atoms with Crippen LogP contribution in [0.2, 0.25) is 0 Å². The number of amides is 2. The first-order valence-electron chi connectivity index (χ1n) is 9.04. The van der Waals surface area contributed by atoms with Gasteiger partial charge >= 0.3 is 0 Å². The quantitative estimate of drug-likeness (QED) is 0.791. The number of carbonyl (C=O) groups is 2. The van der Waals surface area contributed by atoms with Gasteiger partial charge in [0.25, 0.3) is 0 Å². The van der Waals surface area contributed by atoms with E-state index >= 15 is 0 Å². The Morgan fingerprint density at radius 2 is 2.12 bits per heavy atom. The van der Waals surface area contributed by atoms with Crippen molar-refractivity contribution >= 4 is 17.6 Å². The molecule has 1 aromatic heterocycles. The number of morpholine rings is 1. The molecular weight excluding hydrogens is 322 g/mol. The summed E-state index contributed by atoms with van der Waals surface area (Å²) in [6, 6.07) is 1.38. The fourth-order valence-electron chi connectivity index (χ4n) is 3.44. The first-order valence-corrected chi connectivity index (χ1v) is 9.04. The number of ether oxygens (including phenoxy) is 1. The lowest BCUT2D eigenvalue weighted by Gasteiger charge is -2.33. The predicted molar refractivity (Wildman–Crippen MR) is 93.4 cm³/mol. The van der Waals surface area contributed by atoms with Crippen LogP contribution in [0.1, 0.15) is 25.5 Å². The number of anilines is 1. The first kappa shape index (κ1) is 17.9. The number of fused-ring (bicyclic) bond motifs is 1. The molecule has 0 saturated carbocycles. The topological polar surface area (TPSA) is 79.7 Å². The second-order valence-electron chi connectivity index (χ2n) is 6.55. The third-order valence-corrected chi connectivity index (χ3v) is 4.77. The van der Waals surface area contributed by atoms with Gasteiger partial charge in [-0.05, 0) is 13.3 Å². The average Bonchev–Trinajstić information content (AvgIpc) is 2.99. The number of carbonyl (C=O) groups excluding carboxylic acids is 2. The van der Waals surface area contributed by atoms with Gasteiger partial charge in [0.15, 0.2) is 0 Å². The number of hydrogen-bond acceptors (Lipinski definition) is 5. The summed E-state index contributed by atoms with van der Waals surface area (Å²) in [4.78, 5) is 29.1. The van der Waals surface area contributed by atoms with E-state index in [2.05, 4.69) is 15.3 Å². The Kier molecular flexibility index (Phi) is 5.70. The maximum Gasteiger partial charge on any atom is 0.243 e. The van der Waals surface area contributed by atoms with Crippen molar-refractivity contribution in [2.45, 2.75) is 39.3 Å². The molecule has 0 spiro atoms. The molecule has 0 radical (unpaired) electrons. The molecule has 8 heteroatoms. The standard InChI is InChI=1S/C17H27N5O3/c1-3-14(17(24)18-5-7-20-8-10-25-11-9-20)22-15-12-13(2)19-21(15)6-4-16(22)23/h12,14H,3-11H2,1-2H3,(H,18,24)/t14-/m0/s1. The van der Waals surface area contributed by atoms with Gasteiger partial charge in [0, 0.05) is 38.7 Å². The Morgan fingerprint density at radius 3 is 2.84 bits per heavy atom. The zero-order chi connectivity index (χ0) is 17.8. The molecule has 3 heterocycles. The molecule has 2 aliphatic rings. The summed E-state index contributed by atoms with van der Waals surface area (Å²) >= 11 is 0. The Labute approximate surface area is 148 Å². The van der Waals surface area contributed by atoms with E-state index in [0.717, 1.165) is 44.4 Å². The molecule has 25 heavy (non-hydrogen) atoms. The van der Waals surface area contributed by atoms with Crippen molar-refractivity contribution in [3.8, 4) is 0 Å². The number of aromatic nitrogens is 2. The zero-order valence-electron chi connectivity index (χ0n) is 15.0. The largest absolute Gasteiger partial charge is 0.379 e. The molecule has 0 aliphatic carbocycles. The van der Waals surface area contributed by atoms with Gasteiger partial charge in [-0.1, -0.05) is 6.92 Å². The van der Waals surface area contributed by atoms with Crippen molar-refractivity contribution in [2.75, 3.05) is 44.3 Å². The Hall–Kier alpha value is -1.93. The minimum Gasteiger partial charge on any atom is -0.379 e. The van der Waals surface area contributed by atoms with E-state index < -0.39 is 6.04 Å². The monoisotopic (exact) mass is 349 g/mol. The van der Waals surface area contributed by atoms with Gasteiger partial charge in [-0.15, -0.1) is 0 Å². The first-order chi connectivity index (χ1) is 12.1. The third kappa shape index (κ3) is 4.01. The molecule has 0 unspecified atom stereocenters. The van der Waals surface area contributed by atoms with Gasteiger partial charge in [0.1, 0.15) is 11.9 Å². The summed E-state index contributed by atoms with van der Waals surface area (Å²) in [7, 11) is 0. The molecule has 1 saturated heterocycles. The van der Waals surface area contributed by atoms with Crippen LogP contribution in [0.4, 0.5) is 5.82 Å². The summed E-state index contributed by atoms with van der Waals surface area (Å²) in [6.07, 6.45) is 0.949. The number of nitrogens with one attached hydrogen (secondary N) is 1. The summed E-state index contributed by atoms with van der Waals surface area (Å²) in [6.45, 7) is 9.08. The summed E-state index contributed by atoms with van der Waals surface area (Å²) in [5, 5.41) is 7.40. The number of rotatable bonds is 6. The van der Waals surface area contributed by atoms with Crippen LogP contribution in [0.5, 0.6) is 0 Å². The average molecular weight is 349 g/mol. The van der Waals surface area contributed by atoms with Crippen molar-refractivity contribution in [2.24, 2.45) is 0 Å². The van der Waals surface area contributed by atoms with Crippen molar-refractivity contribution in [1.82, 2.24) is 20.0 Å². The highest BCUT2D eigenvalue weighted by molar-refractivity contribution is 6.00. The van der Waals surface area contributed by atoms with Gasteiger partial charge in [-0.2, -0.15) is 5.10 Å². The maximum atomic E-state index is 12.7. The van der Waals surface area contributed by atoms with Crippen molar-refractivity contribution in [3.05, 3.63) is 11.8 Å². The van der Waals surface area contributed by atoms with E-state index in [-0.39, 0.29) is 11.8 Å². The Bertz CT molecular complexity index is 624. The van der Waals surface area contributed by atoms with E-state index in [1.54, 1.807) is 4.90 Å². The molecule has 8 nitrogen and oxygen atoms in total. The van der Waals surface area contributed by atoms with E-state index in [9.17, 15) is 9.59 Å². The lowest BCUT2D eigenvalue weighted by atomic mass is 10.1. The molecule has 1 aromatic rings. The van der Waals surface area contributed by atoms with Gasteiger partial charge in [0.2, 0.25) is 11.8 Å². The van der Waals surface area contributed by atoms with Gasteiger partial charge in [0.05, 0.1) is 25.5 Å². The highest BCUT2D eigenvalue weighted by atomic mass is 16.5. The molecular formula is C17H27N5O3. The SMILES string of the molecule is CC[C@@H](C(=O)NCCN1CCOCC1)N1C(=O)CCn2nc(C)cc21. The van der Waals surface area contributed by atoms with Crippen molar-refractivity contribution in [1.29, 1.82) is 0 Å². The van der Waals surface area contributed by atoms with E-state index in [1.807, 2.05) is 24.6 Å². The van der Waals surface area contributed by atoms with Crippen molar-refractivity contribution in [3.63, 3.8) is 0 Å². The second-order valence-corrected chi connectivity index (χ2v) is 6.55. The minimum atomic E-state index is -0.493. The third-order valence-electron chi connectivity index (χ3n) is 4.77. The van der Waals surface area contributed by atoms with Crippen molar-refractivity contribution < 1.29 is 14.3 Å². The highest BCUT2D eigenvalue weighted by Crippen LogP contribution is 2.25. The summed E-state index contributed by atoms with van der Waals surface area (Å²) in [5.41, 5.74) is 0.859. The smallest absolute Gasteiger partial charge is 0.243 e. The molecule has 2 aliphatic heterocycles. The number of hydrogen-bond donors (Lipinski definition) is 1. The van der Waals surface area contributed by atoms with Crippen LogP contribution in [0.25, 0.3) is 0 Å². The van der Waals surface area contributed by atoms with Crippen LogP contribution >= 0.6 is 0 Å². The fraction of sp³-hybridized carbons (Fsp3) is 0.706. The second kappa shape index (κ2) is 7.97. The minimum absolute atomic E-state index is 0.0115. The molecule has 138 valence electrons. The summed E-state index contributed by atoms with van der Waals surface area (Å²) in [5.74, 6) is 0.614. The molecule has 1 atom stereocenters.